The number of ketones is 1. The maximum atomic E-state index is 13.5. The second-order valence-electron chi connectivity index (χ2n) is 8.44. The maximum absolute atomic E-state index is 13.5. The molecule has 0 atom stereocenters. The van der Waals surface area contributed by atoms with Gasteiger partial charge >= 0.3 is 0 Å². The second-order valence-corrected chi connectivity index (χ2v) is 8.44. The quantitative estimate of drug-likeness (QED) is 0.350. The molecule has 0 spiro atoms. The molecule has 4 aromatic rings. The highest BCUT2D eigenvalue weighted by atomic mass is 16.1. The van der Waals surface area contributed by atoms with Crippen LogP contribution in [-0.2, 0) is 6.54 Å². The highest BCUT2D eigenvalue weighted by Crippen LogP contribution is 2.29. The Morgan fingerprint density at radius 3 is 2.46 bits per heavy atom. The fraction of sp³-hybridized carbons (Fsp3) is 0.0714. The molecule has 7 heteroatoms. The predicted octanol–water partition coefficient (Wildman–Crippen LogP) is 4.73. The van der Waals surface area contributed by atoms with Gasteiger partial charge in [0.05, 0.1) is 22.5 Å². The minimum Gasteiger partial charge on any atom is -0.342 e. The molecule has 0 amide bonds. The van der Waals surface area contributed by atoms with E-state index >= 15 is 0 Å². The van der Waals surface area contributed by atoms with Gasteiger partial charge in [0.25, 0.3) is 5.56 Å². The fourth-order valence-corrected chi connectivity index (χ4v) is 4.50. The van der Waals surface area contributed by atoms with Crippen molar-refractivity contribution in [3.63, 3.8) is 0 Å². The molecule has 0 bridgehead atoms. The summed E-state index contributed by atoms with van der Waals surface area (Å²) in [6.07, 6.45) is 5.52. The monoisotopic (exact) mass is 459 g/mol. The molecule has 7 nitrogen and oxygen atoms in total. The zero-order chi connectivity index (χ0) is 23.9. The molecule has 3 aromatic carbocycles. The second kappa shape index (κ2) is 8.22. The van der Waals surface area contributed by atoms with Crippen molar-refractivity contribution in [2.45, 2.75) is 13.5 Å². The fourth-order valence-electron chi connectivity index (χ4n) is 4.50. The van der Waals surface area contributed by atoms with Gasteiger partial charge in [0.2, 0.25) is 0 Å². The van der Waals surface area contributed by atoms with Crippen LogP contribution in [0.4, 0.5) is 0 Å². The van der Waals surface area contributed by atoms with Crippen LogP contribution >= 0.6 is 0 Å². The summed E-state index contributed by atoms with van der Waals surface area (Å²) in [5.74, 6) is -0.113. The summed E-state index contributed by atoms with van der Waals surface area (Å²) in [5.41, 5.74) is 4.89. The summed E-state index contributed by atoms with van der Waals surface area (Å²) >= 11 is 0. The van der Waals surface area contributed by atoms with Crippen molar-refractivity contribution in [1.29, 1.82) is 0 Å². The van der Waals surface area contributed by atoms with Gasteiger partial charge in [0.1, 0.15) is 5.69 Å². The van der Waals surface area contributed by atoms with Gasteiger partial charge in [-0.2, -0.15) is 14.9 Å². The first-order chi connectivity index (χ1) is 17.1. The molecule has 0 aliphatic carbocycles. The summed E-state index contributed by atoms with van der Waals surface area (Å²) in [6, 6.07) is 25.1. The molecular formula is C28H21N5O2. The summed E-state index contributed by atoms with van der Waals surface area (Å²) < 4.78 is 5.23. The van der Waals surface area contributed by atoms with E-state index in [0.29, 0.717) is 29.1 Å². The van der Waals surface area contributed by atoms with Crippen LogP contribution in [0.1, 0.15) is 22.8 Å². The van der Waals surface area contributed by atoms with Crippen LogP contribution in [0, 0.1) is 0 Å². The Labute approximate surface area is 200 Å². The summed E-state index contributed by atoms with van der Waals surface area (Å²) in [7, 11) is 0. The van der Waals surface area contributed by atoms with Gasteiger partial charge in [0.15, 0.2) is 5.78 Å². The molecule has 3 heterocycles. The third kappa shape index (κ3) is 3.54. The number of carbonyl (C=O) groups excluding carboxylic acids is 1. The van der Waals surface area contributed by atoms with Crippen molar-refractivity contribution in [2.75, 3.05) is 0 Å². The summed E-state index contributed by atoms with van der Waals surface area (Å²) in [6.45, 7) is 2.08. The molecule has 2 aliphatic rings. The zero-order valence-electron chi connectivity index (χ0n) is 19.0. The zero-order valence-corrected chi connectivity index (χ0v) is 19.0. The topological polar surface area (TPSA) is 74.7 Å². The number of hydrogen-bond donors (Lipinski definition) is 0. The number of nitrogens with zero attached hydrogens (tertiary/aromatic N) is 5. The Morgan fingerprint density at radius 1 is 0.914 bits per heavy atom. The first-order valence-corrected chi connectivity index (χ1v) is 11.3. The number of hydrogen-bond acceptors (Lipinski definition) is 4. The average molecular weight is 460 g/mol. The number of fused-ring (bicyclic) bond motifs is 3. The smallest absolute Gasteiger partial charge is 0.282 e. The Kier molecular flexibility index (Phi) is 4.88. The Balaban J connectivity index is 1.49. The van der Waals surface area contributed by atoms with E-state index in [-0.39, 0.29) is 11.3 Å². The van der Waals surface area contributed by atoms with Gasteiger partial charge in [-0.25, -0.2) is 4.68 Å². The molecule has 170 valence electrons. The van der Waals surface area contributed by atoms with Crippen LogP contribution in [0.3, 0.4) is 0 Å². The van der Waals surface area contributed by atoms with Crippen molar-refractivity contribution in [3.05, 3.63) is 119 Å². The molecule has 1 aromatic heterocycles. The number of aromatic nitrogens is 5. The lowest BCUT2D eigenvalue weighted by Crippen LogP contribution is -2.17. The predicted molar refractivity (Wildman–Crippen MR) is 135 cm³/mol. The van der Waals surface area contributed by atoms with Crippen LogP contribution in [0.2, 0.25) is 0 Å². The Hall–Kier alpha value is -4.78. The number of Topliss-reactive ketones (excluding diaryl/α,β-unsaturated/α-hetero) is 1. The van der Waals surface area contributed by atoms with E-state index in [2.05, 4.69) is 26.9 Å². The lowest BCUT2D eigenvalue weighted by Gasteiger charge is -2.14. The SMILES string of the molecule is CC(=O)c1ccccc1-n1nc2c3ccccc3n(Cc3ccc(-n4cccn4)cc3)cc-2c1=O. The van der Waals surface area contributed by atoms with Gasteiger partial charge in [-0.15, -0.1) is 0 Å². The van der Waals surface area contributed by atoms with Crippen molar-refractivity contribution in [1.82, 2.24) is 24.1 Å². The van der Waals surface area contributed by atoms with E-state index < -0.39 is 0 Å². The third-order valence-electron chi connectivity index (χ3n) is 6.20. The summed E-state index contributed by atoms with van der Waals surface area (Å²) in [4.78, 5) is 25.7. The highest BCUT2D eigenvalue weighted by molar-refractivity contribution is 5.98. The number of carbonyl (C=O) groups is 1. The first-order valence-electron chi connectivity index (χ1n) is 11.3. The van der Waals surface area contributed by atoms with Crippen molar-refractivity contribution >= 4 is 16.7 Å². The maximum Gasteiger partial charge on any atom is 0.282 e. The van der Waals surface area contributed by atoms with Gasteiger partial charge < -0.3 is 4.57 Å². The van der Waals surface area contributed by atoms with Crippen molar-refractivity contribution < 1.29 is 4.79 Å². The Morgan fingerprint density at radius 2 is 1.69 bits per heavy atom. The largest absolute Gasteiger partial charge is 0.342 e. The molecule has 0 N–H and O–H groups in total. The molecule has 0 unspecified atom stereocenters. The molecule has 35 heavy (non-hydrogen) atoms. The van der Waals surface area contributed by atoms with Crippen LogP contribution in [0.25, 0.3) is 33.5 Å². The van der Waals surface area contributed by atoms with Crippen molar-refractivity contribution in [3.8, 4) is 22.6 Å². The lowest BCUT2D eigenvalue weighted by atomic mass is 10.1. The number of para-hydroxylation sites is 2. The van der Waals surface area contributed by atoms with Crippen LogP contribution in [0.5, 0.6) is 0 Å². The van der Waals surface area contributed by atoms with E-state index in [1.165, 1.54) is 11.6 Å². The normalized spacial score (nSPS) is 11.3. The van der Waals surface area contributed by atoms with Gasteiger partial charge in [-0.05, 0) is 48.9 Å². The molecule has 6 rings (SSSR count). The van der Waals surface area contributed by atoms with Crippen molar-refractivity contribution in [2.24, 2.45) is 0 Å². The van der Waals surface area contributed by atoms with Gasteiger partial charge in [-0.3, -0.25) is 9.59 Å². The molecule has 0 saturated heterocycles. The van der Waals surface area contributed by atoms with Crippen LogP contribution in [0.15, 0.2) is 102 Å². The van der Waals surface area contributed by atoms with E-state index in [1.807, 2.05) is 59.5 Å². The Bertz CT molecular complexity index is 1710. The van der Waals surface area contributed by atoms with E-state index in [0.717, 1.165) is 22.2 Å². The standard InChI is InChI=1S/C28H21N5O2/c1-19(34)22-7-2-5-10-26(22)33-28(35)24-18-31(25-9-4-3-8-23(25)27(24)30-33)17-20-11-13-21(14-12-20)32-16-6-15-29-32/h2-16,18H,17H2,1H3. The summed E-state index contributed by atoms with van der Waals surface area (Å²) in [5, 5.41) is 9.83. The number of rotatable bonds is 5. The minimum atomic E-state index is -0.248. The third-order valence-corrected chi connectivity index (χ3v) is 6.20. The first kappa shape index (κ1) is 20.8. The molecule has 0 radical (unpaired) electrons. The minimum absolute atomic E-state index is 0.113. The van der Waals surface area contributed by atoms with E-state index in [1.54, 1.807) is 30.5 Å². The van der Waals surface area contributed by atoms with Gasteiger partial charge in [-0.1, -0.05) is 42.5 Å². The lowest BCUT2D eigenvalue weighted by molar-refractivity contribution is 0.101. The van der Waals surface area contributed by atoms with Crippen LogP contribution in [-0.4, -0.2) is 29.9 Å². The highest BCUT2D eigenvalue weighted by Gasteiger charge is 2.22. The van der Waals surface area contributed by atoms with Gasteiger partial charge in [0, 0.05) is 36.1 Å². The molecular weight excluding hydrogens is 438 g/mol. The molecule has 2 aliphatic heterocycles. The van der Waals surface area contributed by atoms with E-state index in [9.17, 15) is 9.59 Å². The number of benzene rings is 3. The number of pyridine rings is 1. The molecule has 0 fully saturated rings. The van der Waals surface area contributed by atoms with E-state index in [4.69, 9.17) is 0 Å². The average Bonchev–Trinajstić information content (AvgIpc) is 3.54. The van der Waals surface area contributed by atoms with Crippen LogP contribution < -0.4 is 5.56 Å². The molecule has 0 saturated carbocycles.